The maximum absolute atomic E-state index is 12.4. The zero-order valence-electron chi connectivity index (χ0n) is 10.5. The average molecular weight is 290 g/mol. The molecule has 0 saturated carbocycles. The molecule has 5 nitrogen and oxygen atoms in total. The molecule has 1 aromatic rings. The van der Waals surface area contributed by atoms with Crippen molar-refractivity contribution in [3.63, 3.8) is 0 Å². The van der Waals surface area contributed by atoms with Crippen LogP contribution in [0.2, 0.25) is 0 Å². The predicted octanol–water partition coefficient (Wildman–Crippen LogP) is 1.14. The molecule has 18 heavy (non-hydrogen) atoms. The van der Waals surface area contributed by atoms with Crippen LogP contribution in [-0.2, 0) is 16.6 Å². The van der Waals surface area contributed by atoms with Crippen molar-refractivity contribution in [1.82, 2.24) is 4.72 Å². The van der Waals surface area contributed by atoms with E-state index >= 15 is 0 Å². The number of hydrogen-bond donors (Lipinski definition) is 2. The quantitative estimate of drug-likeness (QED) is 0.868. The number of sulfonamides is 1. The summed E-state index contributed by atoms with van der Waals surface area (Å²) in [5.74, 6) is 2.81. The molecule has 0 radical (unpaired) electrons. The van der Waals surface area contributed by atoms with Gasteiger partial charge in [-0.05, 0) is 26.0 Å². The van der Waals surface area contributed by atoms with E-state index in [2.05, 4.69) is 4.72 Å². The van der Waals surface area contributed by atoms with Crippen LogP contribution in [-0.4, -0.2) is 26.0 Å². The van der Waals surface area contributed by atoms with Gasteiger partial charge in [0.15, 0.2) is 0 Å². The molecule has 2 heterocycles. The number of furan rings is 1. The molecule has 1 aliphatic rings. The standard InChI is InChI=1S/C11H18N2O3S2/c1-7-10(5-12)11(8(2)16-7)18(14,15)13-9-3-4-17-6-9/h9,13H,3-6,12H2,1-2H3. The van der Waals surface area contributed by atoms with E-state index in [4.69, 9.17) is 10.2 Å². The number of nitrogens with one attached hydrogen (secondary N) is 1. The SMILES string of the molecule is Cc1oc(C)c(S(=O)(=O)NC2CCSC2)c1CN. The first-order valence-corrected chi connectivity index (χ1v) is 8.48. The van der Waals surface area contributed by atoms with Gasteiger partial charge in [0.05, 0.1) is 0 Å². The molecule has 1 fully saturated rings. The molecule has 0 spiro atoms. The van der Waals surface area contributed by atoms with E-state index in [1.54, 1.807) is 25.6 Å². The molecule has 1 aromatic heterocycles. The van der Waals surface area contributed by atoms with Gasteiger partial charge in [-0.1, -0.05) is 0 Å². The third-order valence-corrected chi connectivity index (χ3v) is 5.93. The zero-order chi connectivity index (χ0) is 13.3. The minimum Gasteiger partial charge on any atom is -0.465 e. The van der Waals surface area contributed by atoms with Crippen molar-refractivity contribution in [2.75, 3.05) is 11.5 Å². The molecule has 3 N–H and O–H groups in total. The average Bonchev–Trinajstić information content (AvgIpc) is 2.85. The summed E-state index contributed by atoms with van der Waals surface area (Å²) in [6.45, 7) is 3.56. The maximum Gasteiger partial charge on any atom is 0.244 e. The van der Waals surface area contributed by atoms with Crippen LogP contribution in [0.15, 0.2) is 9.31 Å². The number of aryl methyl sites for hydroxylation is 2. The van der Waals surface area contributed by atoms with Crippen molar-refractivity contribution >= 4 is 21.8 Å². The van der Waals surface area contributed by atoms with E-state index in [0.29, 0.717) is 17.1 Å². The molecule has 1 unspecified atom stereocenters. The highest BCUT2D eigenvalue weighted by Gasteiger charge is 2.29. The topological polar surface area (TPSA) is 85.3 Å². The lowest BCUT2D eigenvalue weighted by Crippen LogP contribution is -2.35. The number of rotatable bonds is 4. The van der Waals surface area contributed by atoms with E-state index < -0.39 is 10.0 Å². The molecule has 1 aliphatic heterocycles. The first-order valence-electron chi connectivity index (χ1n) is 5.84. The normalized spacial score (nSPS) is 20.5. The Morgan fingerprint density at radius 3 is 2.72 bits per heavy atom. The smallest absolute Gasteiger partial charge is 0.244 e. The Balaban J connectivity index is 2.34. The van der Waals surface area contributed by atoms with Gasteiger partial charge in [-0.2, -0.15) is 11.8 Å². The molecule has 0 amide bonds. The van der Waals surface area contributed by atoms with E-state index in [1.807, 2.05) is 0 Å². The molecule has 1 atom stereocenters. The van der Waals surface area contributed by atoms with Gasteiger partial charge >= 0.3 is 0 Å². The van der Waals surface area contributed by atoms with Crippen LogP contribution in [0.3, 0.4) is 0 Å². The Kier molecular flexibility index (Phi) is 4.05. The number of nitrogens with two attached hydrogens (primary N) is 1. The summed E-state index contributed by atoms with van der Waals surface area (Å²) in [4.78, 5) is 0.222. The van der Waals surface area contributed by atoms with Gasteiger partial charge in [0.25, 0.3) is 0 Å². The number of hydrogen-bond acceptors (Lipinski definition) is 5. The maximum atomic E-state index is 12.4. The lowest BCUT2D eigenvalue weighted by Gasteiger charge is -2.12. The minimum atomic E-state index is -3.53. The van der Waals surface area contributed by atoms with Crippen LogP contribution in [0.1, 0.15) is 23.5 Å². The van der Waals surface area contributed by atoms with Gasteiger partial charge in [0.2, 0.25) is 10.0 Å². The molecular weight excluding hydrogens is 272 g/mol. The molecule has 7 heteroatoms. The van der Waals surface area contributed by atoms with Crippen molar-refractivity contribution in [3.05, 3.63) is 17.1 Å². The highest BCUT2D eigenvalue weighted by molar-refractivity contribution is 7.99. The van der Waals surface area contributed by atoms with Crippen molar-refractivity contribution in [2.24, 2.45) is 5.73 Å². The lowest BCUT2D eigenvalue weighted by atomic mass is 10.2. The second-order valence-corrected chi connectivity index (χ2v) is 7.21. The van der Waals surface area contributed by atoms with E-state index in [-0.39, 0.29) is 17.5 Å². The van der Waals surface area contributed by atoms with Crippen LogP contribution < -0.4 is 10.5 Å². The Morgan fingerprint density at radius 1 is 1.44 bits per heavy atom. The third-order valence-electron chi connectivity index (χ3n) is 3.05. The van der Waals surface area contributed by atoms with Crippen molar-refractivity contribution in [3.8, 4) is 0 Å². The summed E-state index contributed by atoms with van der Waals surface area (Å²) in [5, 5.41) is 0. The third kappa shape index (κ3) is 2.59. The molecule has 2 rings (SSSR count). The summed E-state index contributed by atoms with van der Waals surface area (Å²) < 4.78 is 32.9. The van der Waals surface area contributed by atoms with Gasteiger partial charge in [0.1, 0.15) is 16.4 Å². The van der Waals surface area contributed by atoms with Crippen molar-refractivity contribution < 1.29 is 12.8 Å². The predicted molar refractivity (Wildman–Crippen MR) is 72.1 cm³/mol. The summed E-state index contributed by atoms with van der Waals surface area (Å²) in [7, 11) is -3.53. The monoisotopic (exact) mass is 290 g/mol. The molecule has 102 valence electrons. The van der Waals surface area contributed by atoms with Gasteiger partial charge < -0.3 is 10.2 Å². The lowest BCUT2D eigenvalue weighted by molar-refractivity contribution is 0.493. The molecule has 0 bridgehead atoms. The second kappa shape index (κ2) is 5.24. The fourth-order valence-corrected chi connectivity index (χ4v) is 5.19. The van der Waals surface area contributed by atoms with Crippen LogP contribution in [0.4, 0.5) is 0 Å². The Hall–Kier alpha value is -0.500. The zero-order valence-corrected chi connectivity index (χ0v) is 12.2. The molecule has 0 aromatic carbocycles. The van der Waals surface area contributed by atoms with E-state index in [9.17, 15) is 8.42 Å². The first-order chi connectivity index (χ1) is 8.45. The van der Waals surface area contributed by atoms with Crippen molar-refractivity contribution in [2.45, 2.75) is 37.8 Å². The highest BCUT2D eigenvalue weighted by Crippen LogP contribution is 2.27. The Bertz CT molecular complexity index is 531. The summed E-state index contributed by atoms with van der Waals surface area (Å²) in [6.07, 6.45) is 0.873. The number of thioether (sulfide) groups is 1. The molecule has 1 saturated heterocycles. The molecular formula is C11H18N2O3S2. The largest absolute Gasteiger partial charge is 0.465 e. The summed E-state index contributed by atoms with van der Waals surface area (Å²) >= 11 is 1.76. The van der Waals surface area contributed by atoms with Crippen LogP contribution in [0.25, 0.3) is 0 Å². The first kappa shape index (κ1) is 13.9. The van der Waals surface area contributed by atoms with Gasteiger partial charge in [-0.15, -0.1) is 0 Å². The van der Waals surface area contributed by atoms with Crippen molar-refractivity contribution in [1.29, 1.82) is 0 Å². The molecule has 0 aliphatic carbocycles. The minimum absolute atomic E-state index is 0.0141. The van der Waals surface area contributed by atoms with Crippen LogP contribution in [0, 0.1) is 13.8 Å². The highest BCUT2D eigenvalue weighted by atomic mass is 32.2. The van der Waals surface area contributed by atoms with Gasteiger partial charge in [-0.25, -0.2) is 13.1 Å². The van der Waals surface area contributed by atoms with Gasteiger partial charge in [-0.3, -0.25) is 0 Å². The second-order valence-electron chi connectivity index (χ2n) is 4.41. The fourth-order valence-electron chi connectivity index (χ4n) is 2.20. The Morgan fingerprint density at radius 2 is 2.17 bits per heavy atom. The van der Waals surface area contributed by atoms with Gasteiger partial charge in [0, 0.05) is 23.9 Å². The van der Waals surface area contributed by atoms with E-state index in [1.165, 1.54) is 0 Å². The van der Waals surface area contributed by atoms with E-state index in [0.717, 1.165) is 17.9 Å². The summed E-state index contributed by atoms with van der Waals surface area (Å²) in [6, 6.07) is 0.0141. The Labute approximate surface area is 112 Å². The fraction of sp³-hybridized carbons (Fsp3) is 0.636. The van der Waals surface area contributed by atoms with Crippen LogP contribution >= 0.6 is 11.8 Å². The van der Waals surface area contributed by atoms with Crippen LogP contribution in [0.5, 0.6) is 0 Å². The summed E-state index contributed by atoms with van der Waals surface area (Å²) in [5.41, 5.74) is 6.19.